The van der Waals surface area contributed by atoms with Gasteiger partial charge in [-0.15, -0.1) is 0 Å². The van der Waals surface area contributed by atoms with Gasteiger partial charge in [-0.05, 0) is 51.0 Å². The first kappa shape index (κ1) is 32.4. The summed E-state index contributed by atoms with van der Waals surface area (Å²) in [4.78, 5) is 43.6. The van der Waals surface area contributed by atoms with Gasteiger partial charge in [0.2, 0.25) is 11.8 Å². The van der Waals surface area contributed by atoms with Crippen LogP contribution in [0, 0.1) is 17.8 Å². The second-order valence-corrected chi connectivity index (χ2v) is 11.5. The first-order chi connectivity index (χ1) is 16.8. The van der Waals surface area contributed by atoms with Crippen molar-refractivity contribution in [3.63, 3.8) is 0 Å². The maximum Gasteiger partial charge on any atom is 0.308 e. The Labute approximate surface area is 219 Å². The van der Waals surface area contributed by atoms with Crippen LogP contribution in [0.1, 0.15) is 87.5 Å². The molecule has 1 aliphatic rings. The number of likely N-dealkylation sites (tertiary alicyclic amines) is 1. The number of ether oxygens (including phenoxy) is 2. The van der Waals surface area contributed by atoms with Gasteiger partial charge >= 0.3 is 5.97 Å². The Balaban J connectivity index is 3.09. The third-order valence-corrected chi connectivity index (χ3v) is 7.39. The van der Waals surface area contributed by atoms with Crippen LogP contribution in [0.15, 0.2) is 0 Å². The first-order valence-corrected chi connectivity index (χ1v) is 13.9. The molecule has 36 heavy (non-hydrogen) atoms. The van der Waals surface area contributed by atoms with Crippen LogP contribution >= 0.6 is 0 Å². The fourth-order valence-electron chi connectivity index (χ4n) is 5.05. The number of rotatable bonds is 14. The average Bonchev–Trinajstić information content (AvgIpc) is 2.84. The maximum atomic E-state index is 13.8. The molecule has 0 saturated carbocycles. The molecule has 5 atom stereocenters. The van der Waals surface area contributed by atoms with Gasteiger partial charge in [0.15, 0.2) is 0 Å². The van der Waals surface area contributed by atoms with Crippen molar-refractivity contribution >= 4 is 17.8 Å². The SMILES string of the molecule is CC[C@H](C)[C@@H]([C@@H](CC(=O)OCC(C)C)OC)N(C)C(=O)[C@@H](NC(=O)[C@H]1CCCCN1C(C)C)C(C)C. The van der Waals surface area contributed by atoms with Crippen molar-refractivity contribution in [2.75, 3.05) is 27.3 Å². The Hall–Kier alpha value is -1.67. The summed E-state index contributed by atoms with van der Waals surface area (Å²) in [5, 5.41) is 3.09. The molecule has 210 valence electrons. The van der Waals surface area contributed by atoms with Gasteiger partial charge in [-0.1, -0.05) is 54.4 Å². The minimum absolute atomic E-state index is 0.0694. The molecule has 0 aromatic carbocycles. The van der Waals surface area contributed by atoms with Gasteiger partial charge in [-0.3, -0.25) is 19.3 Å². The fourth-order valence-corrected chi connectivity index (χ4v) is 5.05. The van der Waals surface area contributed by atoms with Gasteiger partial charge in [-0.2, -0.15) is 0 Å². The summed E-state index contributed by atoms with van der Waals surface area (Å²) < 4.78 is 11.1. The van der Waals surface area contributed by atoms with E-state index < -0.39 is 12.1 Å². The van der Waals surface area contributed by atoms with E-state index >= 15 is 0 Å². The number of amides is 2. The van der Waals surface area contributed by atoms with Crippen molar-refractivity contribution in [1.82, 2.24) is 15.1 Å². The van der Waals surface area contributed by atoms with E-state index in [1.54, 1.807) is 19.1 Å². The summed E-state index contributed by atoms with van der Waals surface area (Å²) in [6.45, 7) is 17.5. The Morgan fingerprint density at radius 3 is 2.19 bits per heavy atom. The van der Waals surface area contributed by atoms with E-state index in [0.717, 1.165) is 32.2 Å². The third-order valence-electron chi connectivity index (χ3n) is 7.39. The number of nitrogens with one attached hydrogen (secondary N) is 1. The normalized spacial score (nSPS) is 20.2. The lowest BCUT2D eigenvalue weighted by molar-refractivity contribution is -0.152. The van der Waals surface area contributed by atoms with E-state index in [-0.39, 0.29) is 60.1 Å². The smallest absolute Gasteiger partial charge is 0.308 e. The van der Waals surface area contributed by atoms with Crippen LogP contribution in [0.2, 0.25) is 0 Å². The summed E-state index contributed by atoms with van der Waals surface area (Å²) in [5.41, 5.74) is 0. The van der Waals surface area contributed by atoms with Gasteiger partial charge in [0.1, 0.15) is 6.04 Å². The molecule has 0 radical (unpaired) electrons. The highest BCUT2D eigenvalue weighted by atomic mass is 16.5. The van der Waals surface area contributed by atoms with Crippen LogP contribution in [0.25, 0.3) is 0 Å². The molecule has 0 bridgehead atoms. The van der Waals surface area contributed by atoms with Gasteiger partial charge < -0.3 is 19.7 Å². The lowest BCUT2D eigenvalue weighted by Crippen LogP contribution is -2.60. The van der Waals surface area contributed by atoms with Crippen LogP contribution < -0.4 is 5.32 Å². The number of likely N-dealkylation sites (N-methyl/N-ethyl adjacent to an activating group) is 1. The van der Waals surface area contributed by atoms with E-state index in [9.17, 15) is 14.4 Å². The zero-order valence-electron chi connectivity index (χ0n) is 24.5. The summed E-state index contributed by atoms with van der Waals surface area (Å²) >= 11 is 0. The zero-order chi connectivity index (χ0) is 27.6. The second-order valence-electron chi connectivity index (χ2n) is 11.5. The quantitative estimate of drug-likeness (QED) is 0.356. The third kappa shape index (κ3) is 9.33. The molecule has 8 heteroatoms. The average molecular weight is 512 g/mol. The molecule has 1 aliphatic heterocycles. The molecule has 0 aromatic heterocycles. The lowest BCUT2D eigenvalue weighted by atomic mass is 9.90. The van der Waals surface area contributed by atoms with E-state index in [1.165, 1.54) is 0 Å². The van der Waals surface area contributed by atoms with Crippen molar-refractivity contribution in [2.24, 2.45) is 17.8 Å². The highest BCUT2D eigenvalue weighted by molar-refractivity contribution is 5.90. The molecular formula is C28H53N3O5. The van der Waals surface area contributed by atoms with Crippen LogP contribution in [0.5, 0.6) is 0 Å². The number of methoxy groups -OCH3 is 1. The number of hydrogen-bond donors (Lipinski definition) is 1. The molecule has 0 aliphatic carbocycles. The number of nitrogens with zero attached hydrogens (tertiary/aromatic N) is 2. The Morgan fingerprint density at radius 1 is 1.06 bits per heavy atom. The predicted molar refractivity (Wildman–Crippen MR) is 143 cm³/mol. The van der Waals surface area contributed by atoms with Crippen molar-refractivity contribution < 1.29 is 23.9 Å². The molecule has 1 N–H and O–H groups in total. The molecule has 2 amide bonds. The van der Waals surface area contributed by atoms with E-state index in [1.807, 2.05) is 27.7 Å². The van der Waals surface area contributed by atoms with E-state index in [4.69, 9.17) is 9.47 Å². The highest BCUT2D eigenvalue weighted by Gasteiger charge is 2.39. The Bertz CT molecular complexity index is 697. The topological polar surface area (TPSA) is 88.2 Å². The van der Waals surface area contributed by atoms with Crippen LogP contribution in [-0.2, 0) is 23.9 Å². The maximum absolute atomic E-state index is 13.8. The molecule has 1 heterocycles. The fraction of sp³-hybridized carbons (Fsp3) is 0.893. The molecule has 0 spiro atoms. The number of carbonyl (C=O) groups excluding carboxylic acids is 3. The molecule has 0 aromatic rings. The van der Waals surface area contributed by atoms with Gasteiger partial charge in [0.05, 0.1) is 31.2 Å². The van der Waals surface area contributed by atoms with Gasteiger partial charge in [0, 0.05) is 20.2 Å². The molecule has 1 saturated heterocycles. The molecule has 0 unspecified atom stereocenters. The standard InChI is InChI=1S/C28H53N3O5/c1-11-21(8)26(23(35-10)16-24(32)36-17-18(2)3)30(9)28(34)25(19(4)5)29-27(33)22-14-12-13-15-31(22)20(6)7/h18-23,25-26H,11-17H2,1-10H3,(H,29,33)/t21-,22+,23+,25-,26-/m0/s1. The molecule has 8 nitrogen and oxygen atoms in total. The summed E-state index contributed by atoms with van der Waals surface area (Å²) in [5.74, 6) is -0.326. The van der Waals surface area contributed by atoms with E-state index in [2.05, 4.69) is 37.9 Å². The zero-order valence-corrected chi connectivity index (χ0v) is 24.5. The number of piperidine rings is 1. The van der Waals surface area contributed by atoms with Gasteiger partial charge in [0.25, 0.3) is 0 Å². The molecule has 1 fully saturated rings. The van der Waals surface area contributed by atoms with Crippen molar-refractivity contribution in [1.29, 1.82) is 0 Å². The lowest BCUT2D eigenvalue weighted by Gasteiger charge is -2.41. The minimum atomic E-state index is -0.657. The summed E-state index contributed by atoms with van der Waals surface area (Å²) in [6.07, 6.45) is 3.28. The van der Waals surface area contributed by atoms with Crippen molar-refractivity contribution in [2.45, 2.75) is 118 Å². The second kappa shape index (κ2) is 15.6. The van der Waals surface area contributed by atoms with Crippen molar-refractivity contribution in [3.05, 3.63) is 0 Å². The van der Waals surface area contributed by atoms with Crippen LogP contribution in [0.3, 0.4) is 0 Å². The van der Waals surface area contributed by atoms with Gasteiger partial charge in [-0.25, -0.2) is 0 Å². The summed E-state index contributed by atoms with van der Waals surface area (Å²) in [7, 11) is 3.33. The largest absolute Gasteiger partial charge is 0.465 e. The highest BCUT2D eigenvalue weighted by Crippen LogP contribution is 2.24. The monoisotopic (exact) mass is 511 g/mol. The Kier molecular flexibility index (Phi) is 14.0. The number of esters is 1. The van der Waals surface area contributed by atoms with Crippen LogP contribution in [-0.4, -0.2) is 85.2 Å². The molecular weight excluding hydrogens is 458 g/mol. The molecule has 1 rings (SSSR count). The summed E-state index contributed by atoms with van der Waals surface area (Å²) in [6, 6.07) is -0.940. The number of hydrogen-bond acceptors (Lipinski definition) is 6. The Morgan fingerprint density at radius 2 is 1.69 bits per heavy atom. The minimum Gasteiger partial charge on any atom is -0.465 e. The predicted octanol–water partition coefficient (Wildman–Crippen LogP) is 3.87. The van der Waals surface area contributed by atoms with Crippen LogP contribution in [0.4, 0.5) is 0 Å². The van der Waals surface area contributed by atoms with Crippen molar-refractivity contribution in [3.8, 4) is 0 Å². The number of carbonyl (C=O) groups is 3. The first-order valence-electron chi connectivity index (χ1n) is 13.9. The van der Waals surface area contributed by atoms with E-state index in [0.29, 0.717) is 6.61 Å².